The number of phenols is 1. The maximum Gasteiger partial charge on any atom is 0.394 e. The molecule has 0 bridgehead atoms. The van der Waals surface area contributed by atoms with Gasteiger partial charge in [0.1, 0.15) is 17.5 Å². The minimum absolute atomic E-state index is 0.242. The van der Waals surface area contributed by atoms with Crippen LogP contribution in [-0.4, -0.2) is 39.7 Å². The predicted molar refractivity (Wildman–Crippen MR) is 139 cm³/mol. The zero-order valence-electron chi connectivity index (χ0n) is 14.0. The van der Waals surface area contributed by atoms with Gasteiger partial charge < -0.3 is 20.7 Å². The Morgan fingerprint density at radius 3 is 1.79 bits per heavy atom. The summed E-state index contributed by atoms with van der Waals surface area (Å²) in [5.74, 6) is 0.549. The van der Waals surface area contributed by atoms with E-state index >= 15 is 0 Å². The van der Waals surface area contributed by atoms with E-state index in [1.165, 1.54) is 0 Å². The standard InChI is InChI=1S/C15H11I4NO4.H2O4S/c16-8-4-7(5-9(17)13(8)21)24-14-10(18)1-6(2-11(14)19)3-12(20)15(22)23;1-5(2,3)4/h1-2,4-5,12,21H,3,20H2,(H,22,23);(H2,1,2,3,4)/t12-;/m0./s1. The number of carboxylic acid groups (broad SMARTS) is 1. The van der Waals surface area contributed by atoms with Crippen molar-refractivity contribution in [1.29, 1.82) is 0 Å². The zero-order chi connectivity index (χ0) is 22.5. The quantitative estimate of drug-likeness (QED) is 0.221. The maximum atomic E-state index is 10.9. The average molecular weight is 875 g/mol. The first kappa shape index (κ1) is 27.3. The summed E-state index contributed by atoms with van der Waals surface area (Å²) >= 11 is 8.42. The van der Waals surface area contributed by atoms with Gasteiger partial charge in [-0.1, -0.05) is 0 Å². The van der Waals surface area contributed by atoms with Gasteiger partial charge in [-0.15, -0.1) is 0 Å². The number of hydrogen-bond donors (Lipinski definition) is 5. The largest absolute Gasteiger partial charge is 0.506 e. The van der Waals surface area contributed by atoms with E-state index in [2.05, 4.69) is 90.4 Å². The number of halogens is 4. The third-order valence-electron chi connectivity index (χ3n) is 3.04. The first-order chi connectivity index (χ1) is 13.2. The van der Waals surface area contributed by atoms with E-state index in [4.69, 9.17) is 33.1 Å². The molecule has 0 saturated carbocycles. The molecule has 0 unspecified atom stereocenters. The highest BCUT2D eigenvalue weighted by Crippen LogP contribution is 2.36. The number of benzene rings is 2. The molecular formula is C15H13I4NO8S. The Hall–Kier alpha value is 0.260. The topological polar surface area (TPSA) is 167 Å². The van der Waals surface area contributed by atoms with Gasteiger partial charge in [0.15, 0.2) is 5.75 Å². The summed E-state index contributed by atoms with van der Waals surface area (Å²) in [6.45, 7) is 0. The molecule has 0 spiro atoms. The van der Waals surface area contributed by atoms with Gasteiger partial charge in [-0.3, -0.25) is 13.9 Å². The van der Waals surface area contributed by atoms with E-state index in [1.807, 2.05) is 12.1 Å². The molecule has 2 aromatic carbocycles. The fourth-order valence-corrected chi connectivity index (χ4v) is 5.72. The smallest absolute Gasteiger partial charge is 0.394 e. The van der Waals surface area contributed by atoms with Crippen LogP contribution < -0.4 is 10.5 Å². The van der Waals surface area contributed by atoms with Crippen LogP contribution in [0, 0.1) is 14.3 Å². The first-order valence-corrected chi connectivity index (χ1v) is 12.9. The van der Waals surface area contributed by atoms with Gasteiger partial charge in [0, 0.05) is 0 Å². The SMILES string of the molecule is N[C@@H](Cc1cc(I)c(Oc2cc(I)c(O)c(I)c2)c(I)c1)C(=O)O.O=S(=O)(O)O. The van der Waals surface area contributed by atoms with E-state index in [9.17, 15) is 9.90 Å². The van der Waals surface area contributed by atoms with Crippen molar-refractivity contribution in [3.05, 3.63) is 44.1 Å². The molecule has 0 amide bonds. The molecule has 2 rings (SSSR count). The summed E-state index contributed by atoms with van der Waals surface area (Å²) < 4.78 is 40.7. The van der Waals surface area contributed by atoms with Crippen LogP contribution in [0.4, 0.5) is 0 Å². The average Bonchev–Trinajstić information content (AvgIpc) is 2.54. The van der Waals surface area contributed by atoms with Gasteiger partial charge in [0.2, 0.25) is 0 Å². The molecule has 1 atom stereocenters. The number of aromatic hydroxyl groups is 1. The van der Waals surface area contributed by atoms with Crippen LogP contribution >= 0.6 is 90.4 Å². The Kier molecular flexibility index (Phi) is 11.1. The van der Waals surface area contributed by atoms with E-state index in [1.54, 1.807) is 12.1 Å². The van der Waals surface area contributed by atoms with Crippen molar-refractivity contribution in [2.24, 2.45) is 5.73 Å². The minimum Gasteiger partial charge on any atom is -0.506 e. The second kappa shape index (κ2) is 11.8. The summed E-state index contributed by atoms with van der Waals surface area (Å²) in [5.41, 5.74) is 6.44. The molecule has 0 saturated heterocycles. The lowest BCUT2D eigenvalue weighted by Crippen LogP contribution is -2.32. The van der Waals surface area contributed by atoms with Crippen LogP contribution in [0.3, 0.4) is 0 Å². The van der Waals surface area contributed by atoms with Crippen molar-refractivity contribution in [3.8, 4) is 17.2 Å². The highest BCUT2D eigenvalue weighted by Gasteiger charge is 2.16. The normalized spacial score (nSPS) is 12.0. The number of phenolic OH excluding ortho intramolecular Hbond substituents is 1. The maximum absolute atomic E-state index is 10.9. The van der Waals surface area contributed by atoms with E-state index in [0.29, 0.717) is 18.6 Å². The first-order valence-electron chi connectivity index (χ1n) is 7.21. The lowest BCUT2D eigenvalue weighted by Gasteiger charge is -2.14. The fraction of sp³-hybridized carbons (Fsp3) is 0.133. The second-order valence-corrected chi connectivity index (χ2v) is 10.9. The number of aliphatic carboxylic acids is 1. The summed E-state index contributed by atoms with van der Waals surface area (Å²) in [6.07, 6.45) is 0.261. The summed E-state index contributed by atoms with van der Waals surface area (Å²) in [4.78, 5) is 10.9. The molecule has 6 N–H and O–H groups in total. The van der Waals surface area contributed by atoms with Gasteiger partial charge in [-0.2, -0.15) is 8.42 Å². The van der Waals surface area contributed by atoms with Gasteiger partial charge >= 0.3 is 16.4 Å². The van der Waals surface area contributed by atoms with Crippen LogP contribution in [0.25, 0.3) is 0 Å². The molecule has 9 nitrogen and oxygen atoms in total. The highest BCUT2D eigenvalue weighted by atomic mass is 127. The Bertz CT molecular complexity index is 961. The Morgan fingerprint density at radius 2 is 1.41 bits per heavy atom. The molecule has 0 heterocycles. The van der Waals surface area contributed by atoms with Crippen molar-refractivity contribution in [1.82, 2.24) is 0 Å². The molecule has 0 aliphatic heterocycles. The molecular weight excluding hydrogens is 862 g/mol. The molecule has 0 radical (unpaired) electrons. The van der Waals surface area contributed by atoms with Crippen molar-refractivity contribution < 1.29 is 37.3 Å². The molecule has 29 heavy (non-hydrogen) atoms. The molecule has 0 aliphatic carbocycles. The van der Waals surface area contributed by atoms with Gasteiger partial charge in [0.25, 0.3) is 0 Å². The zero-order valence-corrected chi connectivity index (χ0v) is 23.5. The Labute approximate surface area is 220 Å². The Morgan fingerprint density at radius 1 is 1.00 bits per heavy atom. The highest BCUT2D eigenvalue weighted by molar-refractivity contribution is 14.1. The van der Waals surface area contributed by atoms with Crippen LogP contribution in [-0.2, 0) is 21.6 Å². The number of ether oxygens (including phenoxy) is 1. The number of carboxylic acids is 1. The molecule has 2 aromatic rings. The molecule has 0 aromatic heterocycles. The van der Waals surface area contributed by atoms with Crippen molar-refractivity contribution in [3.63, 3.8) is 0 Å². The third-order valence-corrected chi connectivity index (χ3v) is 6.29. The number of hydrogen-bond acceptors (Lipinski definition) is 6. The van der Waals surface area contributed by atoms with Crippen LogP contribution in [0.1, 0.15) is 5.56 Å². The van der Waals surface area contributed by atoms with Crippen LogP contribution in [0.5, 0.6) is 17.2 Å². The van der Waals surface area contributed by atoms with E-state index in [-0.39, 0.29) is 12.2 Å². The monoisotopic (exact) mass is 875 g/mol. The number of rotatable bonds is 5. The van der Waals surface area contributed by atoms with Crippen molar-refractivity contribution >= 4 is 107 Å². The van der Waals surface area contributed by atoms with Crippen molar-refractivity contribution in [2.45, 2.75) is 12.5 Å². The molecule has 14 heteroatoms. The number of carbonyl (C=O) groups is 1. The summed E-state index contributed by atoms with van der Waals surface area (Å²) in [5, 5.41) is 18.8. The predicted octanol–water partition coefficient (Wildman–Crippen LogP) is 3.90. The van der Waals surface area contributed by atoms with Crippen molar-refractivity contribution in [2.75, 3.05) is 0 Å². The van der Waals surface area contributed by atoms with E-state index < -0.39 is 22.4 Å². The minimum atomic E-state index is -4.67. The molecule has 0 fully saturated rings. The van der Waals surface area contributed by atoms with Gasteiger partial charge in [-0.25, -0.2) is 0 Å². The summed E-state index contributed by atoms with van der Waals surface area (Å²) in [6, 6.07) is 6.34. The molecule has 0 aliphatic rings. The lowest BCUT2D eigenvalue weighted by molar-refractivity contribution is -0.138. The van der Waals surface area contributed by atoms with E-state index in [0.717, 1.165) is 12.7 Å². The van der Waals surface area contributed by atoms with Crippen LogP contribution in [0.2, 0.25) is 0 Å². The summed E-state index contributed by atoms with van der Waals surface area (Å²) in [7, 11) is -4.67. The van der Waals surface area contributed by atoms with Gasteiger partial charge in [0.05, 0.1) is 14.3 Å². The van der Waals surface area contributed by atoms with Crippen LogP contribution in [0.15, 0.2) is 24.3 Å². The lowest BCUT2D eigenvalue weighted by atomic mass is 10.1. The van der Waals surface area contributed by atoms with Gasteiger partial charge in [-0.05, 0) is 127 Å². The third kappa shape index (κ3) is 9.95. The number of nitrogens with two attached hydrogens (primary N) is 1. The second-order valence-electron chi connectivity index (χ2n) is 5.32. The fourth-order valence-electron chi connectivity index (χ4n) is 1.89. The Balaban J connectivity index is 0.000000749. The molecule has 160 valence electrons.